The summed E-state index contributed by atoms with van der Waals surface area (Å²) in [6.45, 7) is 14.3. The lowest BCUT2D eigenvalue weighted by molar-refractivity contribution is -0.149. The van der Waals surface area contributed by atoms with Gasteiger partial charge < -0.3 is 14.8 Å². The first-order valence-electron chi connectivity index (χ1n) is 8.07. The fourth-order valence-electron chi connectivity index (χ4n) is 1.68. The molecule has 1 N–H and O–H groups in total. The van der Waals surface area contributed by atoms with E-state index in [-0.39, 0.29) is 5.41 Å². The Balaban J connectivity index is 4.52. The molecule has 0 bridgehead atoms. The Hall–Kier alpha value is -1.26. The number of amides is 1. The van der Waals surface area contributed by atoms with E-state index in [2.05, 4.69) is 12.2 Å². The lowest BCUT2D eigenvalue weighted by atomic mass is 9.87. The number of carbonyl (C=O) groups is 2. The highest BCUT2D eigenvalue weighted by molar-refractivity contribution is 5.82. The van der Waals surface area contributed by atoms with Crippen LogP contribution in [0.1, 0.15) is 67.7 Å². The van der Waals surface area contributed by atoms with Crippen molar-refractivity contribution in [2.45, 2.75) is 73.8 Å². The molecule has 0 spiro atoms. The maximum absolute atomic E-state index is 12.2. The summed E-state index contributed by atoms with van der Waals surface area (Å²) in [5.74, 6) is -0.406. The predicted molar refractivity (Wildman–Crippen MR) is 87.7 cm³/mol. The van der Waals surface area contributed by atoms with Crippen molar-refractivity contribution in [2.24, 2.45) is 10.8 Å². The van der Waals surface area contributed by atoms with Crippen molar-refractivity contribution in [1.29, 1.82) is 0 Å². The maximum atomic E-state index is 12.2. The summed E-state index contributed by atoms with van der Waals surface area (Å²) in [5, 5.41) is 2.63. The summed E-state index contributed by atoms with van der Waals surface area (Å²) in [6.07, 6.45) is 2.35. The molecular weight excluding hydrogens is 282 g/mol. The molecule has 22 heavy (non-hydrogen) atoms. The fraction of sp³-hybridized carbons (Fsp3) is 0.882. The van der Waals surface area contributed by atoms with Gasteiger partial charge in [0.2, 0.25) is 0 Å². The third kappa shape index (κ3) is 9.64. The molecule has 0 saturated heterocycles. The molecule has 0 aromatic carbocycles. The summed E-state index contributed by atoms with van der Waals surface area (Å²) in [4.78, 5) is 24.1. The highest BCUT2D eigenvalue weighted by Crippen LogP contribution is 2.21. The van der Waals surface area contributed by atoms with E-state index in [1.54, 1.807) is 0 Å². The topological polar surface area (TPSA) is 64.6 Å². The molecule has 130 valence electrons. The third-order valence-electron chi connectivity index (χ3n) is 2.99. The van der Waals surface area contributed by atoms with Crippen LogP contribution in [0.5, 0.6) is 0 Å². The zero-order chi connectivity index (χ0) is 17.4. The number of unbranched alkanes of at least 4 members (excludes halogenated alkanes) is 2. The van der Waals surface area contributed by atoms with Crippen LogP contribution in [0.4, 0.5) is 4.79 Å². The van der Waals surface area contributed by atoms with Crippen molar-refractivity contribution in [3.63, 3.8) is 0 Å². The second-order valence-corrected chi connectivity index (χ2v) is 7.95. The first-order valence-corrected chi connectivity index (χ1v) is 8.07. The van der Waals surface area contributed by atoms with E-state index < -0.39 is 23.5 Å². The highest BCUT2D eigenvalue weighted by atomic mass is 16.6. The van der Waals surface area contributed by atoms with Gasteiger partial charge in [-0.3, -0.25) is 0 Å². The molecular formula is C17H33NO4. The molecule has 1 amide bonds. The summed E-state index contributed by atoms with van der Waals surface area (Å²) >= 11 is 0. The van der Waals surface area contributed by atoms with Crippen molar-refractivity contribution in [3.8, 4) is 0 Å². The Morgan fingerprint density at radius 2 is 1.59 bits per heavy atom. The molecule has 0 aliphatic carbocycles. The Labute approximate surface area is 135 Å². The van der Waals surface area contributed by atoms with Crippen LogP contribution in [0.15, 0.2) is 0 Å². The van der Waals surface area contributed by atoms with E-state index in [4.69, 9.17) is 9.47 Å². The number of esters is 1. The van der Waals surface area contributed by atoms with Gasteiger partial charge in [0.05, 0.1) is 13.2 Å². The molecule has 0 aromatic heterocycles. The maximum Gasteiger partial charge on any atom is 0.407 e. The quantitative estimate of drug-likeness (QED) is 0.571. The van der Waals surface area contributed by atoms with Gasteiger partial charge in [-0.05, 0) is 17.3 Å². The second-order valence-electron chi connectivity index (χ2n) is 7.95. The first kappa shape index (κ1) is 20.7. The lowest BCUT2D eigenvalue weighted by Gasteiger charge is -2.29. The summed E-state index contributed by atoms with van der Waals surface area (Å²) in [5.41, 5.74) is -0.558. The molecule has 0 aromatic rings. The van der Waals surface area contributed by atoms with Gasteiger partial charge in [0, 0.05) is 0 Å². The van der Waals surface area contributed by atoms with Crippen LogP contribution in [0.25, 0.3) is 0 Å². The van der Waals surface area contributed by atoms with Gasteiger partial charge in [0.25, 0.3) is 0 Å². The van der Waals surface area contributed by atoms with Gasteiger partial charge in [0.15, 0.2) is 0 Å². The number of hydrogen-bond acceptors (Lipinski definition) is 4. The number of ether oxygens (including phenoxy) is 2. The fourth-order valence-corrected chi connectivity index (χ4v) is 1.68. The minimum absolute atomic E-state index is 0.116. The average molecular weight is 315 g/mol. The van der Waals surface area contributed by atoms with Gasteiger partial charge in [-0.15, -0.1) is 0 Å². The van der Waals surface area contributed by atoms with Crippen LogP contribution < -0.4 is 5.32 Å². The van der Waals surface area contributed by atoms with E-state index in [1.165, 1.54) is 0 Å². The first-order chi connectivity index (χ1) is 9.97. The monoisotopic (exact) mass is 315 g/mol. The number of nitrogens with one attached hydrogen (secondary N) is 1. The minimum Gasteiger partial charge on any atom is -0.464 e. The SMILES string of the molecule is CCCCCOC(=O)C(NC(=O)OCC(C)(C)C)C(C)(C)C. The van der Waals surface area contributed by atoms with Crippen LogP contribution in [0, 0.1) is 10.8 Å². The Morgan fingerprint density at radius 1 is 1.00 bits per heavy atom. The van der Waals surface area contributed by atoms with Crippen LogP contribution in [-0.2, 0) is 14.3 Å². The minimum atomic E-state index is -0.721. The van der Waals surface area contributed by atoms with Gasteiger partial charge in [-0.25, -0.2) is 9.59 Å². The number of rotatable bonds is 7. The predicted octanol–water partition coefficient (Wildman–Crippen LogP) is 3.91. The Morgan fingerprint density at radius 3 is 2.05 bits per heavy atom. The van der Waals surface area contributed by atoms with Crippen molar-refractivity contribution in [3.05, 3.63) is 0 Å². The van der Waals surface area contributed by atoms with Crippen molar-refractivity contribution < 1.29 is 19.1 Å². The molecule has 0 heterocycles. The molecule has 5 nitrogen and oxygen atoms in total. The Bertz CT molecular complexity index is 353. The van der Waals surface area contributed by atoms with E-state index in [9.17, 15) is 9.59 Å². The van der Waals surface area contributed by atoms with E-state index in [1.807, 2.05) is 41.5 Å². The van der Waals surface area contributed by atoms with E-state index in [0.717, 1.165) is 19.3 Å². The van der Waals surface area contributed by atoms with Crippen LogP contribution in [0.3, 0.4) is 0 Å². The molecule has 5 heteroatoms. The lowest BCUT2D eigenvalue weighted by Crippen LogP contribution is -2.50. The van der Waals surface area contributed by atoms with Gasteiger partial charge in [-0.2, -0.15) is 0 Å². The summed E-state index contributed by atoms with van der Waals surface area (Å²) in [7, 11) is 0. The molecule has 0 saturated carbocycles. The zero-order valence-corrected chi connectivity index (χ0v) is 15.2. The molecule has 0 aliphatic rings. The summed E-state index contributed by atoms with van der Waals surface area (Å²) in [6, 6.07) is -0.721. The molecule has 1 atom stereocenters. The van der Waals surface area contributed by atoms with Crippen molar-refractivity contribution >= 4 is 12.1 Å². The normalized spacial score (nSPS) is 13.4. The number of alkyl carbamates (subject to hydrolysis) is 1. The number of carbonyl (C=O) groups excluding carboxylic acids is 2. The van der Waals surface area contributed by atoms with Crippen molar-refractivity contribution in [2.75, 3.05) is 13.2 Å². The smallest absolute Gasteiger partial charge is 0.407 e. The standard InChI is InChI=1S/C17H33NO4/c1-8-9-10-11-21-14(19)13(17(5,6)7)18-15(20)22-12-16(2,3)4/h13H,8-12H2,1-7H3,(H,18,20). The Kier molecular flexibility index (Phi) is 8.49. The van der Waals surface area contributed by atoms with E-state index in [0.29, 0.717) is 13.2 Å². The van der Waals surface area contributed by atoms with Gasteiger partial charge in [-0.1, -0.05) is 61.3 Å². The van der Waals surface area contributed by atoms with E-state index >= 15 is 0 Å². The molecule has 0 aliphatic heterocycles. The van der Waals surface area contributed by atoms with Crippen LogP contribution in [-0.4, -0.2) is 31.3 Å². The van der Waals surface area contributed by atoms with Gasteiger partial charge in [0.1, 0.15) is 6.04 Å². The molecule has 0 rings (SSSR count). The van der Waals surface area contributed by atoms with Crippen molar-refractivity contribution in [1.82, 2.24) is 5.32 Å². The second kappa shape index (κ2) is 9.01. The molecule has 0 fully saturated rings. The third-order valence-corrected chi connectivity index (χ3v) is 2.99. The zero-order valence-electron chi connectivity index (χ0n) is 15.2. The summed E-state index contributed by atoms with van der Waals surface area (Å²) < 4.78 is 10.4. The molecule has 1 unspecified atom stereocenters. The van der Waals surface area contributed by atoms with Crippen LogP contribution in [0.2, 0.25) is 0 Å². The average Bonchev–Trinajstić information content (AvgIpc) is 2.36. The molecule has 0 radical (unpaired) electrons. The largest absolute Gasteiger partial charge is 0.464 e. The number of hydrogen-bond donors (Lipinski definition) is 1. The van der Waals surface area contributed by atoms with Gasteiger partial charge >= 0.3 is 12.1 Å². The highest BCUT2D eigenvalue weighted by Gasteiger charge is 2.34. The van der Waals surface area contributed by atoms with Crippen LogP contribution >= 0.6 is 0 Å².